The van der Waals surface area contributed by atoms with Crippen molar-refractivity contribution in [1.29, 1.82) is 0 Å². The van der Waals surface area contributed by atoms with Crippen LogP contribution >= 0.6 is 11.6 Å². The Balaban J connectivity index is 1.73. The minimum atomic E-state index is 0.656. The summed E-state index contributed by atoms with van der Waals surface area (Å²) in [6.45, 7) is 4.65. The minimum absolute atomic E-state index is 0.656. The lowest BCUT2D eigenvalue weighted by molar-refractivity contribution is 0.276. The van der Waals surface area contributed by atoms with Gasteiger partial charge in [0, 0.05) is 11.4 Å². The smallest absolute Gasteiger partial charge is 0.107 e. The van der Waals surface area contributed by atoms with Crippen LogP contribution in [0.15, 0.2) is 18.2 Å². The second-order valence-electron chi connectivity index (χ2n) is 5.63. The van der Waals surface area contributed by atoms with E-state index in [-0.39, 0.29) is 0 Å². The van der Waals surface area contributed by atoms with Crippen LogP contribution in [-0.2, 0) is 6.42 Å². The highest BCUT2D eigenvalue weighted by Crippen LogP contribution is 2.24. The van der Waals surface area contributed by atoms with Gasteiger partial charge in [-0.05, 0) is 56.0 Å². The summed E-state index contributed by atoms with van der Waals surface area (Å²) in [5.74, 6) is 2.50. The molecular formula is C15H20ClN3. The van der Waals surface area contributed by atoms with Gasteiger partial charge in [0.25, 0.3) is 0 Å². The number of halogens is 1. The van der Waals surface area contributed by atoms with Crippen molar-refractivity contribution >= 4 is 22.6 Å². The molecule has 0 amide bonds. The van der Waals surface area contributed by atoms with E-state index in [0.29, 0.717) is 5.92 Å². The lowest BCUT2D eigenvalue weighted by Gasteiger charge is -2.27. The number of piperidine rings is 1. The van der Waals surface area contributed by atoms with E-state index in [9.17, 15) is 0 Å². The lowest BCUT2D eigenvalue weighted by atomic mass is 9.85. The molecule has 4 heteroatoms. The molecule has 2 atom stereocenters. The quantitative estimate of drug-likeness (QED) is 0.903. The highest BCUT2D eigenvalue weighted by molar-refractivity contribution is 6.31. The van der Waals surface area contributed by atoms with Crippen molar-refractivity contribution in [3.05, 3.63) is 29.0 Å². The molecule has 0 radical (unpaired) electrons. The maximum absolute atomic E-state index is 6.00. The molecule has 1 aromatic heterocycles. The zero-order valence-electron chi connectivity index (χ0n) is 11.2. The van der Waals surface area contributed by atoms with E-state index < -0.39 is 0 Å². The maximum atomic E-state index is 6.00. The van der Waals surface area contributed by atoms with E-state index in [1.807, 2.05) is 18.2 Å². The van der Waals surface area contributed by atoms with Crippen LogP contribution in [0.1, 0.15) is 25.6 Å². The maximum Gasteiger partial charge on any atom is 0.107 e. The summed E-state index contributed by atoms with van der Waals surface area (Å²) in [5.41, 5.74) is 2.05. The topological polar surface area (TPSA) is 40.7 Å². The predicted octanol–water partition coefficient (Wildman–Crippen LogP) is 3.39. The van der Waals surface area contributed by atoms with Gasteiger partial charge >= 0.3 is 0 Å². The lowest BCUT2D eigenvalue weighted by Crippen LogP contribution is -2.34. The Morgan fingerprint density at radius 1 is 1.47 bits per heavy atom. The van der Waals surface area contributed by atoms with Crippen molar-refractivity contribution in [2.45, 2.75) is 26.2 Å². The number of hydrogen-bond donors (Lipinski definition) is 2. The summed E-state index contributed by atoms with van der Waals surface area (Å²) in [7, 11) is 0. The average molecular weight is 278 g/mol. The third-order valence-electron chi connectivity index (χ3n) is 4.15. The zero-order chi connectivity index (χ0) is 13.2. The first-order valence-electron chi connectivity index (χ1n) is 7.07. The second-order valence-corrected chi connectivity index (χ2v) is 6.07. The van der Waals surface area contributed by atoms with E-state index in [2.05, 4.69) is 22.2 Å². The molecule has 0 spiro atoms. The first kappa shape index (κ1) is 12.9. The summed E-state index contributed by atoms with van der Waals surface area (Å²) in [6.07, 6.45) is 3.64. The Labute approximate surface area is 118 Å². The SMILES string of the molecule is CC(Cc1nc2ccc(Cl)cc2[nH]1)C1CCCNC1. The van der Waals surface area contributed by atoms with Gasteiger partial charge in [0.05, 0.1) is 11.0 Å². The van der Waals surface area contributed by atoms with Gasteiger partial charge in [-0.3, -0.25) is 0 Å². The molecule has 2 aromatic rings. The van der Waals surface area contributed by atoms with Gasteiger partial charge in [0.2, 0.25) is 0 Å². The van der Waals surface area contributed by atoms with Crippen molar-refractivity contribution in [1.82, 2.24) is 15.3 Å². The molecule has 0 saturated carbocycles. The van der Waals surface area contributed by atoms with Crippen LogP contribution in [0.3, 0.4) is 0 Å². The normalized spacial score (nSPS) is 21.7. The van der Waals surface area contributed by atoms with Gasteiger partial charge in [-0.1, -0.05) is 18.5 Å². The van der Waals surface area contributed by atoms with Gasteiger partial charge in [-0.2, -0.15) is 0 Å². The summed E-state index contributed by atoms with van der Waals surface area (Å²) in [4.78, 5) is 8.04. The molecule has 3 nitrogen and oxygen atoms in total. The van der Waals surface area contributed by atoms with Gasteiger partial charge in [-0.15, -0.1) is 0 Å². The molecule has 3 rings (SSSR count). The highest BCUT2D eigenvalue weighted by atomic mass is 35.5. The van der Waals surface area contributed by atoms with Gasteiger partial charge in [-0.25, -0.2) is 4.98 Å². The van der Waals surface area contributed by atoms with E-state index in [1.54, 1.807) is 0 Å². The van der Waals surface area contributed by atoms with Crippen molar-refractivity contribution in [2.75, 3.05) is 13.1 Å². The van der Waals surface area contributed by atoms with Crippen LogP contribution in [0.4, 0.5) is 0 Å². The molecule has 2 N–H and O–H groups in total. The molecule has 1 fully saturated rings. The summed E-state index contributed by atoms with van der Waals surface area (Å²) in [5, 5.41) is 4.24. The number of aromatic amines is 1. The molecule has 1 aliphatic rings. The van der Waals surface area contributed by atoms with Crippen molar-refractivity contribution < 1.29 is 0 Å². The number of rotatable bonds is 3. The Bertz CT molecular complexity index is 558. The number of nitrogens with zero attached hydrogens (tertiary/aromatic N) is 1. The largest absolute Gasteiger partial charge is 0.342 e. The van der Waals surface area contributed by atoms with Crippen molar-refractivity contribution in [3.63, 3.8) is 0 Å². The van der Waals surface area contributed by atoms with Gasteiger partial charge in [0.1, 0.15) is 5.82 Å². The van der Waals surface area contributed by atoms with Crippen LogP contribution in [-0.4, -0.2) is 23.1 Å². The molecule has 0 bridgehead atoms. The Morgan fingerprint density at radius 2 is 2.37 bits per heavy atom. The third kappa shape index (κ3) is 2.93. The number of nitrogens with one attached hydrogen (secondary N) is 2. The third-order valence-corrected chi connectivity index (χ3v) is 4.38. The summed E-state index contributed by atoms with van der Waals surface area (Å²) < 4.78 is 0. The van der Waals surface area contributed by atoms with E-state index in [1.165, 1.54) is 19.4 Å². The first-order valence-corrected chi connectivity index (χ1v) is 7.45. The standard InChI is InChI=1S/C15H20ClN3/c1-10(11-3-2-6-17-9-11)7-15-18-13-5-4-12(16)8-14(13)19-15/h4-5,8,10-11,17H,2-3,6-7,9H2,1H3,(H,18,19). The van der Waals surface area contributed by atoms with E-state index in [4.69, 9.17) is 11.6 Å². The van der Waals surface area contributed by atoms with Gasteiger partial charge < -0.3 is 10.3 Å². The molecule has 2 unspecified atom stereocenters. The fraction of sp³-hybridized carbons (Fsp3) is 0.533. The molecule has 0 aliphatic carbocycles. The summed E-state index contributed by atoms with van der Waals surface area (Å²) >= 11 is 6.00. The molecule has 1 aromatic carbocycles. The Hall–Kier alpha value is -1.06. The molecule has 1 saturated heterocycles. The summed E-state index contributed by atoms with van der Waals surface area (Å²) in [6, 6.07) is 5.81. The zero-order valence-corrected chi connectivity index (χ0v) is 12.0. The molecule has 102 valence electrons. The van der Waals surface area contributed by atoms with Crippen LogP contribution in [0.25, 0.3) is 11.0 Å². The minimum Gasteiger partial charge on any atom is -0.342 e. The Kier molecular flexibility index (Phi) is 3.76. The van der Waals surface area contributed by atoms with Crippen LogP contribution in [0, 0.1) is 11.8 Å². The number of fused-ring (bicyclic) bond motifs is 1. The van der Waals surface area contributed by atoms with Crippen molar-refractivity contribution in [2.24, 2.45) is 11.8 Å². The van der Waals surface area contributed by atoms with Crippen LogP contribution in [0.5, 0.6) is 0 Å². The molecule has 1 aliphatic heterocycles. The van der Waals surface area contributed by atoms with E-state index in [0.717, 1.165) is 40.8 Å². The Morgan fingerprint density at radius 3 is 3.16 bits per heavy atom. The molecule has 19 heavy (non-hydrogen) atoms. The average Bonchev–Trinajstić information content (AvgIpc) is 2.81. The first-order chi connectivity index (χ1) is 9.22. The number of imidazole rings is 1. The van der Waals surface area contributed by atoms with Crippen LogP contribution in [0.2, 0.25) is 5.02 Å². The second kappa shape index (κ2) is 5.51. The number of hydrogen-bond acceptors (Lipinski definition) is 2. The highest BCUT2D eigenvalue weighted by Gasteiger charge is 2.21. The molecule has 2 heterocycles. The fourth-order valence-corrected chi connectivity index (χ4v) is 3.14. The van der Waals surface area contributed by atoms with Crippen LogP contribution < -0.4 is 5.32 Å². The molecular weight excluding hydrogens is 258 g/mol. The fourth-order valence-electron chi connectivity index (χ4n) is 2.97. The van der Waals surface area contributed by atoms with Gasteiger partial charge in [0.15, 0.2) is 0 Å². The number of benzene rings is 1. The monoisotopic (exact) mass is 277 g/mol. The predicted molar refractivity (Wildman–Crippen MR) is 79.6 cm³/mol. The number of H-pyrrole nitrogens is 1. The van der Waals surface area contributed by atoms with E-state index >= 15 is 0 Å². The van der Waals surface area contributed by atoms with Crippen molar-refractivity contribution in [3.8, 4) is 0 Å². The number of aromatic nitrogens is 2.